The topological polar surface area (TPSA) is 101 Å². The number of nitrogens with zero attached hydrogens (tertiary/aromatic N) is 1. The largest absolute Gasteiger partial charge is 0.352 e. The van der Waals surface area contributed by atoms with Crippen molar-refractivity contribution in [2.45, 2.75) is 19.4 Å². The highest BCUT2D eigenvalue weighted by atomic mass is 16.6. The maximum Gasteiger partial charge on any atom is 0.270 e. The minimum atomic E-state index is -0.560. The molecule has 0 fully saturated rings. The fourth-order valence-electron chi connectivity index (χ4n) is 2.29. The Kier molecular flexibility index (Phi) is 6.22. The second kappa shape index (κ2) is 8.58. The lowest BCUT2D eigenvalue weighted by Gasteiger charge is -2.14. The van der Waals surface area contributed by atoms with E-state index in [0.717, 1.165) is 5.56 Å². The van der Waals surface area contributed by atoms with Gasteiger partial charge in [-0.15, -0.1) is 0 Å². The number of carbonyl (C=O) groups is 2. The molecule has 2 aromatic carbocycles. The molecule has 1 atom stereocenters. The fourth-order valence-corrected chi connectivity index (χ4v) is 2.29. The number of hydrogen-bond acceptors (Lipinski definition) is 4. The van der Waals surface area contributed by atoms with Crippen LogP contribution in [0.1, 0.15) is 35.3 Å². The SMILES string of the molecule is CC(NC(=O)CCNC(=O)c1cccc([N+](=O)[O-])c1)c1ccccc1. The maximum atomic E-state index is 12.0. The van der Waals surface area contributed by atoms with E-state index in [4.69, 9.17) is 0 Å². The summed E-state index contributed by atoms with van der Waals surface area (Å²) in [5.41, 5.74) is 1.03. The molecule has 0 saturated heterocycles. The first-order chi connectivity index (χ1) is 12.0. The molecule has 25 heavy (non-hydrogen) atoms. The summed E-state index contributed by atoms with van der Waals surface area (Å²) in [4.78, 5) is 34.1. The number of rotatable bonds is 7. The van der Waals surface area contributed by atoms with Crippen LogP contribution in [0.5, 0.6) is 0 Å². The highest BCUT2D eigenvalue weighted by molar-refractivity contribution is 5.95. The lowest BCUT2D eigenvalue weighted by molar-refractivity contribution is -0.384. The van der Waals surface area contributed by atoms with Gasteiger partial charge in [0, 0.05) is 30.7 Å². The third-order valence-corrected chi connectivity index (χ3v) is 3.63. The molecule has 0 saturated carbocycles. The van der Waals surface area contributed by atoms with Crippen molar-refractivity contribution in [3.8, 4) is 0 Å². The number of amides is 2. The Balaban J connectivity index is 1.80. The Hall–Kier alpha value is -3.22. The number of nitro benzene ring substituents is 1. The summed E-state index contributed by atoms with van der Waals surface area (Å²) in [7, 11) is 0. The molecule has 0 spiro atoms. The Bertz CT molecular complexity index is 762. The van der Waals surface area contributed by atoms with E-state index in [1.54, 1.807) is 0 Å². The van der Waals surface area contributed by atoms with Gasteiger partial charge in [0.25, 0.3) is 11.6 Å². The van der Waals surface area contributed by atoms with E-state index in [9.17, 15) is 19.7 Å². The fraction of sp³-hybridized carbons (Fsp3) is 0.222. The van der Waals surface area contributed by atoms with Crippen molar-refractivity contribution in [1.29, 1.82) is 0 Å². The summed E-state index contributed by atoms with van der Waals surface area (Å²) in [6, 6.07) is 14.9. The van der Waals surface area contributed by atoms with Gasteiger partial charge < -0.3 is 10.6 Å². The average molecular weight is 341 g/mol. The Labute approximate surface area is 145 Å². The third-order valence-electron chi connectivity index (χ3n) is 3.63. The van der Waals surface area contributed by atoms with Crippen LogP contribution in [0.2, 0.25) is 0 Å². The zero-order chi connectivity index (χ0) is 18.2. The molecule has 0 aliphatic carbocycles. The van der Waals surface area contributed by atoms with Gasteiger partial charge in [-0.1, -0.05) is 36.4 Å². The van der Waals surface area contributed by atoms with Gasteiger partial charge in [0.05, 0.1) is 11.0 Å². The van der Waals surface area contributed by atoms with E-state index in [-0.39, 0.29) is 36.2 Å². The molecule has 0 aromatic heterocycles. The molecular weight excluding hydrogens is 322 g/mol. The number of hydrogen-bond donors (Lipinski definition) is 2. The molecule has 0 bridgehead atoms. The minimum Gasteiger partial charge on any atom is -0.352 e. The molecule has 7 heteroatoms. The van der Waals surface area contributed by atoms with Crippen LogP contribution in [0.4, 0.5) is 5.69 Å². The van der Waals surface area contributed by atoms with E-state index in [1.807, 2.05) is 37.3 Å². The van der Waals surface area contributed by atoms with Crippen molar-refractivity contribution in [3.05, 3.63) is 75.8 Å². The second-order valence-corrected chi connectivity index (χ2v) is 5.51. The first-order valence-corrected chi connectivity index (χ1v) is 7.84. The van der Waals surface area contributed by atoms with E-state index in [2.05, 4.69) is 10.6 Å². The normalized spacial score (nSPS) is 11.4. The summed E-state index contributed by atoms with van der Waals surface area (Å²) in [6.07, 6.45) is 0.123. The Morgan fingerprint density at radius 2 is 1.84 bits per heavy atom. The molecule has 0 aliphatic heterocycles. The van der Waals surface area contributed by atoms with Crippen molar-refractivity contribution in [2.24, 2.45) is 0 Å². The quantitative estimate of drug-likeness (QED) is 0.597. The van der Waals surface area contributed by atoms with E-state index in [0.29, 0.717) is 0 Å². The molecule has 0 heterocycles. The van der Waals surface area contributed by atoms with Gasteiger partial charge in [0.2, 0.25) is 5.91 Å². The predicted octanol–water partition coefficient (Wildman–Crippen LogP) is 2.59. The number of non-ortho nitro benzene ring substituents is 1. The lowest BCUT2D eigenvalue weighted by atomic mass is 10.1. The van der Waals surface area contributed by atoms with Crippen molar-refractivity contribution in [2.75, 3.05) is 6.54 Å². The van der Waals surface area contributed by atoms with Gasteiger partial charge in [0.15, 0.2) is 0 Å². The zero-order valence-corrected chi connectivity index (χ0v) is 13.8. The molecule has 2 aromatic rings. The van der Waals surface area contributed by atoms with Crippen LogP contribution < -0.4 is 10.6 Å². The summed E-state index contributed by atoms with van der Waals surface area (Å²) in [5, 5.41) is 16.2. The highest BCUT2D eigenvalue weighted by Gasteiger charge is 2.12. The van der Waals surface area contributed by atoms with Crippen LogP contribution in [0, 0.1) is 10.1 Å². The lowest BCUT2D eigenvalue weighted by Crippen LogP contribution is -2.32. The van der Waals surface area contributed by atoms with Gasteiger partial charge in [-0.25, -0.2) is 0 Å². The van der Waals surface area contributed by atoms with Crippen LogP contribution in [0.15, 0.2) is 54.6 Å². The van der Waals surface area contributed by atoms with Crippen molar-refractivity contribution in [1.82, 2.24) is 10.6 Å². The van der Waals surface area contributed by atoms with E-state index >= 15 is 0 Å². The molecule has 0 radical (unpaired) electrons. The number of nitrogens with one attached hydrogen (secondary N) is 2. The molecule has 130 valence electrons. The summed E-state index contributed by atoms with van der Waals surface area (Å²) < 4.78 is 0. The highest BCUT2D eigenvalue weighted by Crippen LogP contribution is 2.13. The monoisotopic (exact) mass is 341 g/mol. The molecule has 7 nitrogen and oxygen atoms in total. The van der Waals surface area contributed by atoms with Crippen LogP contribution in [-0.2, 0) is 4.79 Å². The Morgan fingerprint density at radius 1 is 1.12 bits per heavy atom. The van der Waals surface area contributed by atoms with Crippen LogP contribution in [-0.4, -0.2) is 23.3 Å². The third kappa shape index (κ3) is 5.42. The van der Waals surface area contributed by atoms with E-state index < -0.39 is 10.8 Å². The number of nitro groups is 1. The Morgan fingerprint density at radius 3 is 2.52 bits per heavy atom. The van der Waals surface area contributed by atoms with Gasteiger partial charge in [-0.2, -0.15) is 0 Å². The van der Waals surface area contributed by atoms with Gasteiger partial charge in [0.1, 0.15) is 0 Å². The maximum absolute atomic E-state index is 12.0. The van der Waals surface area contributed by atoms with Gasteiger partial charge >= 0.3 is 0 Å². The van der Waals surface area contributed by atoms with Gasteiger partial charge in [-0.3, -0.25) is 19.7 Å². The summed E-state index contributed by atoms with van der Waals surface area (Å²) in [6.45, 7) is 2.03. The first kappa shape index (κ1) is 18.1. The van der Waals surface area contributed by atoms with Gasteiger partial charge in [-0.05, 0) is 18.6 Å². The molecular formula is C18H19N3O4. The summed E-state index contributed by atoms with van der Waals surface area (Å²) >= 11 is 0. The predicted molar refractivity (Wildman–Crippen MR) is 93.0 cm³/mol. The molecule has 2 N–H and O–H groups in total. The van der Waals surface area contributed by atoms with Crippen molar-refractivity contribution < 1.29 is 14.5 Å². The van der Waals surface area contributed by atoms with Crippen molar-refractivity contribution >= 4 is 17.5 Å². The first-order valence-electron chi connectivity index (χ1n) is 7.84. The van der Waals surface area contributed by atoms with E-state index in [1.165, 1.54) is 24.3 Å². The van der Waals surface area contributed by atoms with Crippen LogP contribution in [0.25, 0.3) is 0 Å². The molecule has 2 amide bonds. The second-order valence-electron chi connectivity index (χ2n) is 5.51. The zero-order valence-electron chi connectivity index (χ0n) is 13.8. The smallest absolute Gasteiger partial charge is 0.270 e. The summed E-state index contributed by atoms with van der Waals surface area (Å²) in [5.74, 6) is -0.636. The molecule has 0 aliphatic rings. The van der Waals surface area contributed by atoms with Crippen LogP contribution in [0.3, 0.4) is 0 Å². The molecule has 2 rings (SSSR count). The standard InChI is InChI=1S/C18H19N3O4/c1-13(14-6-3-2-4-7-14)20-17(22)10-11-19-18(23)15-8-5-9-16(12-15)21(24)25/h2-9,12-13H,10-11H2,1H3,(H,19,23)(H,20,22). The van der Waals surface area contributed by atoms with Crippen LogP contribution >= 0.6 is 0 Å². The molecule has 1 unspecified atom stereocenters. The minimum absolute atomic E-state index is 0.123. The van der Waals surface area contributed by atoms with Crippen molar-refractivity contribution in [3.63, 3.8) is 0 Å². The number of carbonyl (C=O) groups excluding carboxylic acids is 2. The number of benzene rings is 2. The average Bonchev–Trinajstić information content (AvgIpc) is 2.62.